The summed E-state index contributed by atoms with van der Waals surface area (Å²) in [6.07, 6.45) is 0. The normalized spacial score (nSPS) is 13.6. The van der Waals surface area contributed by atoms with E-state index in [4.69, 9.17) is 9.15 Å². The van der Waals surface area contributed by atoms with Crippen LogP contribution in [0.2, 0.25) is 0 Å². The topological polar surface area (TPSA) is 42.7 Å². The first-order valence-electron chi connectivity index (χ1n) is 8.42. The highest BCUT2D eigenvalue weighted by Gasteiger charge is 2.24. The zero-order chi connectivity index (χ0) is 18.5. The van der Waals surface area contributed by atoms with Crippen molar-refractivity contribution in [3.05, 3.63) is 79.5 Å². The van der Waals surface area contributed by atoms with Crippen LogP contribution < -0.4 is 15.3 Å². The van der Waals surface area contributed by atoms with Gasteiger partial charge in [0.05, 0.1) is 23.2 Å². The van der Waals surface area contributed by atoms with Crippen molar-refractivity contribution in [2.45, 2.75) is 6.54 Å². The van der Waals surface area contributed by atoms with Crippen LogP contribution in [-0.4, -0.2) is 6.73 Å². The molecule has 1 aliphatic heterocycles. The second-order valence-electron chi connectivity index (χ2n) is 6.42. The molecule has 134 valence electrons. The summed E-state index contributed by atoms with van der Waals surface area (Å²) in [5, 5.41) is 2.41. The van der Waals surface area contributed by atoms with E-state index >= 15 is 0 Å². The Kier molecular flexibility index (Phi) is 3.98. The molecule has 5 rings (SSSR count). The summed E-state index contributed by atoms with van der Waals surface area (Å²) in [5.74, 6) is 0.755. The van der Waals surface area contributed by atoms with Crippen molar-refractivity contribution in [3.63, 3.8) is 0 Å². The molecule has 0 atom stereocenters. The molecule has 2 heterocycles. The highest BCUT2D eigenvalue weighted by Crippen LogP contribution is 2.38. The molecule has 0 saturated carbocycles. The molecule has 0 aliphatic carbocycles. The molecule has 0 unspecified atom stereocenters. The maximum absolute atomic E-state index is 12.5. The molecule has 0 N–H and O–H groups in total. The van der Waals surface area contributed by atoms with Crippen molar-refractivity contribution in [1.29, 1.82) is 0 Å². The first kappa shape index (κ1) is 16.8. The van der Waals surface area contributed by atoms with Gasteiger partial charge in [-0.3, -0.25) is 0 Å². The summed E-state index contributed by atoms with van der Waals surface area (Å²) >= 11 is 7.10. The van der Waals surface area contributed by atoms with E-state index < -0.39 is 0 Å². The average Bonchev–Trinajstić information content (AvgIpc) is 2.68. The van der Waals surface area contributed by atoms with Crippen molar-refractivity contribution < 1.29 is 9.15 Å². The van der Waals surface area contributed by atoms with Crippen LogP contribution in [0.25, 0.3) is 21.7 Å². The van der Waals surface area contributed by atoms with E-state index in [0.29, 0.717) is 24.2 Å². The van der Waals surface area contributed by atoms with Crippen LogP contribution >= 0.6 is 31.9 Å². The molecule has 0 bridgehead atoms. The van der Waals surface area contributed by atoms with Crippen LogP contribution in [0.1, 0.15) is 5.56 Å². The monoisotopic (exact) mass is 485 g/mol. The lowest BCUT2D eigenvalue weighted by Crippen LogP contribution is -2.32. The van der Waals surface area contributed by atoms with E-state index in [9.17, 15) is 4.79 Å². The van der Waals surface area contributed by atoms with E-state index in [1.54, 1.807) is 6.07 Å². The van der Waals surface area contributed by atoms with E-state index in [-0.39, 0.29) is 5.63 Å². The molecular formula is C21H13Br2NO3. The molecule has 4 aromatic rings. The molecular weight excluding hydrogens is 474 g/mol. The Bertz CT molecular complexity index is 1270. The molecule has 4 nitrogen and oxygen atoms in total. The lowest BCUT2D eigenvalue weighted by Gasteiger charge is -2.31. The van der Waals surface area contributed by atoms with Crippen molar-refractivity contribution >= 4 is 59.3 Å². The van der Waals surface area contributed by atoms with Crippen molar-refractivity contribution in [2.24, 2.45) is 0 Å². The first-order valence-corrected chi connectivity index (χ1v) is 10.0. The van der Waals surface area contributed by atoms with Gasteiger partial charge >= 0.3 is 5.63 Å². The summed E-state index contributed by atoms with van der Waals surface area (Å²) in [6, 6.07) is 17.5. The van der Waals surface area contributed by atoms with Crippen LogP contribution in [0, 0.1) is 0 Å². The number of halogens is 2. The summed E-state index contributed by atoms with van der Waals surface area (Å²) < 4.78 is 13.7. The largest absolute Gasteiger partial charge is 0.473 e. The number of hydrogen-bond acceptors (Lipinski definition) is 4. The lowest BCUT2D eigenvalue weighted by molar-refractivity contribution is 0.289. The third kappa shape index (κ3) is 2.75. The minimum absolute atomic E-state index is 0.326. The molecule has 6 heteroatoms. The summed E-state index contributed by atoms with van der Waals surface area (Å²) in [6.45, 7) is 1.02. The van der Waals surface area contributed by atoms with Gasteiger partial charge in [-0.2, -0.15) is 0 Å². The van der Waals surface area contributed by atoms with Crippen LogP contribution in [0.3, 0.4) is 0 Å². The SMILES string of the molecule is O=c1oc2c3c(ccc2c2ccccc12)OCN(c1ccc(Br)cc1Br)C3. The van der Waals surface area contributed by atoms with Gasteiger partial charge in [0.1, 0.15) is 11.3 Å². The van der Waals surface area contributed by atoms with E-state index in [1.807, 2.05) is 48.5 Å². The second-order valence-corrected chi connectivity index (χ2v) is 8.19. The van der Waals surface area contributed by atoms with Crippen LogP contribution in [0.15, 0.2) is 72.8 Å². The van der Waals surface area contributed by atoms with Gasteiger partial charge in [-0.1, -0.05) is 34.1 Å². The van der Waals surface area contributed by atoms with Gasteiger partial charge in [-0.05, 0) is 57.7 Å². The molecule has 1 aliphatic rings. The predicted molar refractivity (Wildman–Crippen MR) is 114 cm³/mol. The van der Waals surface area contributed by atoms with Crippen molar-refractivity contribution in [1.82, 2.24) is 0 Å². The maximum atomic E-state index is 12.5. The number of rotatable bonds is 1. The number of fused-ring (bicyclic) bond motifs is 5. The van der Waals surface area contributed by atoms with Gasteiger partial charge < -0.3 is 14.1 Å². The molecule has 0 fully saturated rings. The van der Waals surface area contributed by atoms with Crippen molar-refractivity contribution in [3.8, 4) is 5.75 Å². The zero-order valence-electron chi connectivity index (χ0n) is 14.0. The standard InChI is InChI=1S/C21H13Br2NO3/c22-12-5-7-18(17(23)9-12)24-10-16-19(26-11-24)8-6-14-13-3-1-2-4-15(13)21(25)27-20(14)16/h1-9H,10-11H2. The number of ether oxygens (including phenoxy) is 1. The molecule has 3 aromatic carbocycles. The minimum atomic E-state index is -0.326. The summed E-state index contributed by atoms with van der Waals surface area (Å²) in [5.41, 5.74) is 2.17. The summed E-state index contributed by atoms with van der Waals surface area (Å²) in [4.78, 5) is 14.6. The smallest absolute Gasteiger partial charge is 0.344 e. The first-order chi connectivity index (χ1) is 13.1. The Hall–Kier alpha value is -2.31. The number of anilines is 1. The Balaban J connectivity index is 1.70. The van der Waals surface area contributed by atoms with E-state index in [1.165, 1.54) is 0 Å². The fraction of sp³-hybridized carbons (Fsp3) is 0.0952. The van der Waals surface area contributed by atoms with Crippen LogP contribution in [0.4, 0.5) is 5.69 Å². The molecule has 0 amide bonds. The quantitative estimate of drug-likeness (QED) is 0.251. The molecule has 1 aromatic heterocycles. The predicted octanol–water partition coefficient (Wildman–Crippen LogP) is 5.83. The lowest BCUT2D eigenvalue weighted by atomic mass is 10.0. The second kappa shape index (κ2) is 6.39. The van der Waals surface area contributed by atoms with E-state index in [0.717, 1.165) is 36.7 Å². The molecule has 0 saturated heterocycles. The summed E-state index contributed by atoms with van der Waals surface area (Å²) in [7, 11) is 0. The van der Waals surface area contributed by atoms with Gasteiger partial charge in [0.2, 0.25) is 0 Å². The highest BCUT2D eigenvalue weighted by atomic mass is 79.9. The van der Waals surface area contributed by atoms with Gasteiger partial charge in [0.25, 0.3) is 0 Å². The Morgan fingerprint density at radius 2 is 1.74 bits per heavy atom. The molecule has 0 spiro atoms. The third-order valence-electron chi connectivity index (χ3n) is 4.82. The van der Waals surface area contributed by atoms with E-state index in [2.05, 4.69) is 36.8 Å². The average molecular weight is 487 g/mol. The van der Waals surface area contributed by atoms with Crippen LogP contribution in [0.5, 0.6) is 5.75 Å². The fourth-order valence-corrected chi connectivity index (χ4v) is 4.84. The van der Waals surface area contributed by atoms with Gasteiger partial charge in [-0.15, -0.1) is 0 Å². The molecule has 27 heavy (non-hydrogen) atoms. The minimum Gasteiger partial charge on any atom is -0.473 e. The van der Waals surface area contributed by atoms with Crippen LogP contribution in [-0.2, 0) is 6.54 Å². The third-order valence-corrected chi connectivity index (χ3v) is 5.95. The van der Waals surface area contributed by atoms with Gasteiger partial charge in [0, 0.05) is 14.3 Å². The number of nitrogens with zero attached hydrogens (tertiary/aromatic N) is 1. The van der Waals surface area contributed by atoms with Gasteiger partial charge in [0.15, 0.2) is 6.73 Å². The fourth-order valence-electron chi connectivity index (χ4n) is 3.54. The number of hydrogen-bond donors (Lipinski definition) is 0. The van der Waals surface area contributed by atoms with Crippen molar-refractivity contribution in [2.75, 3.05) is 11.6 Å². The Labute approximate surface area is 171 Å². The zero-order valence-corrected chi connectivity index (χ0v) is 17.2. The Morgan fingerprint density at radius 3 is 2.56 bits per heavy atom. The Morgan fingerprint density at radius 1 is 0.926 bits per heavy atom. The maximum Gasteiger partial charge on any atom is 0.344 e. The number of benzene rings is 3. The van der Waals surface area contributed by atoms with Gasteiger partial charge in [-0.25, -0.2) is 4.79 Å². The molecule has 0 radical (unpaired) electrons. The highest BCUT2D eigenvalue weighted by molar-refractivity contribution is 9.11.